The lowest BCUT2D eigenvalue weighted by molar-refractivity contribution is -0.137. The fraction of sp³-hybridized carbons (Fsp3) is 0.571. The molecule has 0 atom stereocenters. The van der Waals surface area contributed by atoms with Gasteiger partial charge in [-0.2, -0.15) is 13.2 Å². The topological polar surface area (TPSA) is 34.2 Å². The molecule has 0 aromatic carbocycles. The molecule has 0 radical (unpaired) electrons. The maximum atomic E-state index is 13.1. The van der Waals surface area contributed by atoms with E-state index < -0.39 is 11.7 Å². The number of anilines is 1. The van der Waals surface area contributed by atoms with Gasteiger partial charge < -0.3 is 10.1 Å². The van der Waals surface area contributed by atoms with Gasteiger partial charge >= 0.3 is 6.18 Å². The third-order valence-electron chi connectivity index (χ3n) is 3.64. The number of alkyl halides is 4. The summed E-state index contributed by atoms with van der Waals surface area (Å²) in [7, 11) is 0. The van der Waals surface area contributed by atoms with Crippen molar-refractivity contribution in [3.05, 3.63) is 23.4 Å². The first-order valence-electron chi connectivity index (χ1n) is 6.89. The Morgan fingerprint density at radius 1 is 1.29 bits per heavy atom. The fourth-order valence-electron chi connectivity index (χ4n) is 2.34. The third kappa shape index (κ3) is 3.94. The van der Waals surface area contributed by atoms with E-state index >= 15 is 0 Å². The molecule has 1 N–H and O–H groups in total. The van der Waals surface area contributed by atoms with Crippen LogP contribution >= 0.6 is 20.7 Å². The highest BCUT2D eigenvalue weighted by Crippen LogP contribution is 2.35. The molecule has 0 amide bonds. The van der Waals surface area contributed by atoms with Gasteiger partial charge in [-0.05, 0) is 30.9 Å². The number of ether oxygens (including phenoxy) is 1. The summed E-state index contributed by atoms with van der Waals surface area (Å²) in [6.45, 7) is 1.90. The molecule has 21 heavy (non-hydrogen) atoms. The van der Waals surface area contributed by atoms with Gasteiger partial charge in [0.25, 0.3) is 0 Å². The molecular formula is C14H16F3IN2O. The van der Waals surface area contributed by atoms with E-state index in [0.717, 1.165) is 29.0 Å². The van der Waals surface area contributed by atoms with Crippen molar-refractivity contribution in [1.82, 2.24) is 4.98 Å². The van der Waals surface area contributed by atoms with Crippen LogP contribution in [-0.4, -0.2) is 32.7 Å². The lowest BCUT2D eigenvalue weighted by atomic mass is 10.0. The summed E-state index contributed by atoms with van der Waals surface area (Å²) in [4.78, 5) is 4.21. The molecule has 3 nitrogen and oxygen atoms in total. The van der Waals surface area contributed by atoms with Gasteiger partial charge in [-0.1, -0.05) is 0 Å². The lowest BCUT2D eigenvalue weighted by Gasteiger charge is -2.23. The summed E-state index contributed by atoms with van der Waals surface area (Å²) >= 11 is 0.0499. The van der Waals surface area contributed by atoms with Crippen LogP contribution in [0.25, 0.3) is 0 Å². The van der Waals surface area contributed by atoms with Crippen LogP contribution in [0.4, 0.5) is 19.0 Å². The third-order valence-corrected chi connectivity index (χ3v) is 5.72. The van der Waals surface area contributed by atoms with E-state index in [1.54, 1.807) is 0 Å². The average Bonchev–Trinajstić information content (AvgIpc) is 3.29. The first-order chi connectivity index (χ1) is 10.0. The second-order valence-corrected chi connectivity index (χ2v) is 8.03. The molecule has 0 saturated carbocycles. The molecule has 0 spiro atoms. The van der Waals surface area contributed by atoms with E-state index in [1.165, 1.54) is 9.58 Å². The number of pyridine rings is 1. The number of hydrogen-bond acceptors (Lipinski definition) is 3. The Labute approximate surface area is 131 Å². The number of halogens is 4. The Hall–Kier alpha value is -0.700. The smallest absolute Gasteiger partial charge is 0.381 e. The minimum absolute atomic E-state index is 0.0186. The molecular weight excluding hydrogens is 396 g/mol. The second kappa shape index (κ2) is 6.20. The zero-order valence-electron chi connectivity index (χ0n) is 11.3. The number of nitrogens with zero attached hydrogens (tertiary/aromatic N) is 1. The van der Waals surface area contributed by atoms with Crippen LogP contribution in [0.2, 0.25) is 0 Å². The molecule has 0 aliphatic carbocycles. The largest absolute Gasteiger partial charge is 0.419 e. The monoisotopic (exact) mass is 412 g/mol. The maximum absolute atomic E-state index is 13.1. The lowest BCUT2D eigenvalue weighted by Crippen LogP contribution is -2.24. The van der Waals surface area contributed by atoms with E-state index in [-0.39, 0.29) is 26.5 Å². The van der Waals surface area contributed by atoms with Gasteiger partial charge in [-0.15, -0.1) is 20.7 Å². The number of rotatable bonds is 4. The van der Waals surface area contributed by atoms with Crippen molar-refractivity contribution >= 4 is 30.1 Å². The Balaban J connectivity index is 1.76. The van der Waals surface area contributed by atoms with Gasteiger partial charge in [0, 0.05) is 27.7 Å². The zero-order chi connectivity index (χ0) is 14.9. The van der Waals surface area contributed by atoms with Crippen molar-refractivity contribution < 1.29 is 17.9 Å². The van der Waals surface area contributed by atoms with E-state index in [1.807, 2.05) is 0 Å². The maximum Gasteiger partial charge on any atom is 0.419 e. The first-order valence-corrected chi connectivity index (χ1v) is 9.49. The number of nitrogens with one attached hydrogen (secondary N) is 1. The summed E-state index contributed by atoms with van der Waals surface area (Å²) < 4.78 is 46.8. The van der Waals surface area contributed by atoms with Gasteiger partial charge in [-0.25, -0.2) is 4.98 Å². The second-order valence-electron chi connectivity index (χ2n) is 5.20. The highest BCUT2D eigenvalue weighted by molar-refractivity contribution is 14.2. The van der Waals surface area contributed by atoms with Crippen LogP contribution in [0.3, 0.4) is 0 Å². The molecule has 3 heterocycles. The Bertz CT molecular complexity index is 554. The van der Waals surface area contributed by atoms with Crippen molar-refractivity contribution in [2.45, 2.75) is 19.0 Å². The molecule has 1 saturated heterocycles. The van der Waals surface area contributed by atoms with Gasteiger partial charge in [0.05, 0.1) is 11.3 Å². The van der Waals surface area contributed by atoms with Crippen molar-refractivity contribution in [2.24, 2.45) is 5.92 Å². The molecule has 2 aliphatic rings. The van der Waals surface area contributed by atoms with Gasteiger partial charge in [0.1, 0.15) is 5.82 Å². The SMILES string of the molecule is FC(F)(F)c1ccc(C2=IC2)nc1NCC1CCOCC1. The van der Waals surface area contributed by atoms with Crippen molar-refractivity contribution in [3.63, 3.8) is 0 Å². The molecule has 1 fully saturated rings. The molecule has 1 aromatic heterocycles. The van der Waals surface area contributed by atoms with E-state index in [9.17, 15) is 13.2 Å². The summed E-state index contributed by atoms with van der Waals surface area (Å²) in [5, 5.41) is 2.92. The highest BCUT2D eigenvalue weighted by Gasteiger charge is 2.35. The number of aromatic nitrogens is 1. The van der Waals surface area contributed by atoms with Crippen LogP contribution in [0, 0.1) is 5.92 Å². The molecule has 0 bridgehead atoms. The Morgan fingerprint density at radius 3 is 2.62 bits per heavy atom. The average molecular weight is 412 g/mol. The zero-order valence-corrected chi connectivity index (χ0v) is 13.5. The van der Waals surface area contributed by atoms with Gasteiger partial charge in [-0.3, -0.25) is 0 Å². The minimum atomic E-state index is -4.37. The molecule has 0 unspecified atom stereocenters. The molecule has 2 aliphatic heterocycles. The quantitative estimate of drug-likeness (QED) is 0.608. The summed E-state index contributed by atoms with van der Waals surface area (Å²) in [6, 6.07) is 2.66. The fourth-order valence-corrected chi connectivity index (χ4v) is 3.61. The highest BCUT2D eigenvalue weighted by atomic mass is 127. The van der Waals surface area contributed by atoms with Gasteiger partial charge in [0.2, 0.25) is 0 Å². The first kappa shape index (κ1) is 15.2. The summed E-state index contributed by atoms with van der Waals surface area (Å²) in [6.07, 6.45) is -2.60. The van der Waals surface area contributed by atoms with Crippen LogP contribution in [0.15, 0.2) is 12.1 Å². The van der Waals surface area contributed by atoms with Crippen LogP contribution < -0.4 is 5.32 Å². The van der Waals surface area contributed by atoms with Gasteiger partial charge in [0.15, 0.2) is 0 Å². The molecule has 3 rings (SSSR count). The Kier molecular flexibility index (Phi) is 4.49. The standard InChI is InChI=1S/C14H16F3IN2O/c15-14(16,17)10-1-2-12(11-7-18-11)20-13(10)19-8-9-3-5-21-6-4-9/h1-2,9H,3-8H2,(H,19,20). The van der Waals surface area contributed by atoms with E-state index in [2.05, 4.69) is 10.3 Å². The van der Waals surface area contributed by atoms with Crippen molar-refractivity contribution in [2.75, 3.05) is 29.5 Å². The van der Waals surface area contributed by atoms with E-state index in [4.69, 9.17) is 4.74 Å². The summed E-state index contributed by atoms with van der Waals surface area (Å²) in [5.74, 6) is 0.334. The molecule has 1 aromatic rings. The predicted molar refractivity (Wildman–Crippen MR) is 84.3 cm³/mol. The number of hydrogen-bond donors (Lipinski definition) is 1. The summed E-state index contributed by atoms with van der Waals surface area (Å²) in [5.41, 5.74) is 0.0723. The van der Waals surface area contributed by atoms with Crippen LogP contribution in [0.5, 0.6) is 0 Å². The van der Waals surface area contributed by atoms with Crippen molar-refractivity contribution in [1.29, 1.82) is 0 Å². The minimum Gasteiger partial charge on any atom is -0.381 e. The molecule has 7 heteroatoms. The Morgan fingerprint density at radius 2 is 2.00 bits per heavy atom. The van der Waals surface area contributed by atoms with Crippen LogP contribution in [0.1, 0.15) is 24.1 Å². The molecule has 116 valence electrons. The van der Waals surface area contributed by atoms with E-state index in [0.29, 0.717) is 25.7 Å². The van der Waals surface area contributed by atoms with Crippen LogP contribution in [-0.2, 0) is 10.9 Å². The normalized spacial score (nSPS) is 19.7. The van der Waals surface area contributed by atoms with Crippen molar-refractivity contribution in [3.8, 4) is 0 Å². The predicted octanol–water partition coefficient (Wildman–Crippen LogP) is 3.44.